The van der Waals surface area contributed by atoms with Crippen LogP contribution in [-0.2, 0) is 15.6 Å². The molecule has 0 bridgehead atoms. The van der Waals surface area contributed by atoms with E-state index in [-0.39, 0.29) is 17.4 Å². The number of carbonyl (C=O) groups excluding carboxylic acids is 1. The highest BCUT2D eigenvalue weighted by Gasteiger charge is 2.42. The van der Waals surface area contributed by atoms with Gasteiger partial charge in [0.15, 0.2) is 0 Å². The number of hydrogen-bond donors (Lipinski definition) is 2. The first-order valence-electron chi connectivity index (χ1n) is 5.18. The lowest BCUT2D eigenvalue weighted by molar-refractivity contribution is -0.122. The molecule has 1 rings (SSSR count). The third-order valence-electron chi connectivity index (χ3n) is 2.72. The van der Waals surface area contributed by atoms with E-state index in [0.29, 0.717) is 12.2 Å². The minimum atomic E-state index is -0.851. The van der Waals surface area contributed by atoms with Gasteiger partial charge in [-0.1, -0.05) is 0 Å². The first kappa shape index (κ1) is 13.0. The maximum absolute atomic E-state index is 11.6. The standard InChI is InChI=1S/C10H19NO2S2/c1-8(6-15(2)13)11-9(12)5-10(7-14)3-4-10/h8,14H,3-7H2,1-2H3,(H,11,12). The molecule has 15 heavy (non-hydrogen) atoms. The molecule has 1 N–H and O–H groups in total. The lowest BCUT2D eigenvalue weighted by Gasteiger charge is -2.15. The molecule has 1 saturated carbocycles. The van der Waals surface area contributed by atoms with Gasteiger partial charge >= 0.3 is 0 Å². The highest BCUT2D eigenvalue weighted by Crippen LogP contribution is 2.49. The van der Waals surface area contributed by atoms with Crippen molar-refractivity contribution in [3.05, 3.63) is 0 Å². The van der Waals surface area contributed by atoms with Crippen molar-refractivity contribution < 1.29 is 9.00 Å². The van der Waals surface area contributed by atoms with Crippen LogP contribution in [0, 0.1) is 5.41 Å². The van der Waals surface area contributed by atoms with E-state index in [9.17, 15) is 9.00 Å². The van der Waals surface area contributed by atoms with Gasteiger partial charge in [0, 0.05) is 35.3 Å². The molecule has 2 unspecified atom stereocenters. The van der Waals surface area contributed by atoms with Crippen LogP contribution in [0.1, 0.15) is 26.2 Å². The van der Waals surface area contributed by atoms with Gasteiger partial charge in [-0.05, 0) is 30.9 Å². The third-order valence-corrected chi connectivity index (χ3v) is 4.36. The summed E-state index contributed by atoms with van der Waals surface area (Å²) in [5, 5.41) is 2.88. The molecule has 1 amide bonds. The Bertz CT molecular complexity index is 264. The third kappa shape index (κ3) is 4.55. The predicted octanol–water partition coefficient (Wildman–Crippen LogP) is 0.970. The van der Waals surface area contributed by atoms with Crippen molar-refractivity contribution in [2.75, 3.05) is 17.8 Å². The summed E-state index contributed by atoms with van der Waals surface area (Å²) in [6.07, 6.45) is 4.44. The van der Waals surface area contributed by atoms with Gasteiger partial charge < -0.3 is 5.32 Å². The number of hydrogen-bond acceptors (Lipinski definition) is 3. The van der Waals surface area contributed by atoms with Crippen molar-refractivity contribution in [2.45, 2.75) is 32.2 Å². The largest absolute Gasteiger partial charge is 0.353 e. The fourth-order valence-corrected chi connectivity index (χ4v) is 2.84. The smallest absolute Gasteiger partial charge is 0.220 e. The van der Waals surface area contributed by atoms with Crippen LogP contribution in [0.15, 0.2) is 0 Å². The molecular weight excluding hydrogens is 230 g/mol. The Hall–Kier alpha value is -0.0300. The zero-order chi connectivity index (χ0) is 11.5. The summed E-state index contributed by atoms with van der Waals surface area (Å²) in [5.74, 6) is 1.38. The molecule has 1 aliphatic carbocycles. The van der Waals surface area contributed by atoms with Gasteiger partial charge in [-0.15, -0.1) is 0 Å². The number of rotatable bonds is 6. The minimum absolute atomic E-state index is 0.000879. The second-order valence-corrected chi connectivity index (χ2v) is 6.34. The van der Waals surface area contributed by atoms with Crippen LogP contribution in [0.5, 0.6) is 0 Å². The van der Waals surface area contributed by atoms with E-state index < -0.39 is 10.8 Å². The van der Waals surface area contributed by atoms with Crippen LogP contribution < -0.4 is 5.32 Å². The summed E-state index contributed by atoms with van der Waals surface area (Å²) in [6, 6.07) is -0.000879. The van der Waals surface area contributed by atoms with Crippen LogP contribution in [0.2, 0.25) is 0 Å². The monoisotopic (exact) mass is 249 g/mol. The second-order valence-electron chi connectivity index (χ2n) is 4.54. The lowest BCUT2D eigenvalue weighted by atomic mass is 10.1. The van der Waals surface area contributed by atoms with Crippen LogP contribution in [-0.4, -0.2) is 33.9 Å². The molecule has 0 aromatic rings. The van der Waals surface area contributed by atoms with Crippen molar-refractivity contribution >= 4 is 29.3 Å². The average Bonchev–Trinajstić information content (AvgIpc) is 2.83. The Morgan fingerprint density at radius 3 is 2.60 bits per heavy atom. The average molecular weight is 249 g/mol. The quantitative estimate of drug-likeness (QED) is 0.689. The Morgan fingerprint density at radius 1 is 1.60 bits per heavy atom. The van der Waals surface area contributed by atoms with Gasteiger partial charge in [-0.3, -0.25) is 9.00 Å². The summed E-state index contributed by atoms with van der Waals surface area (Å²) < 4.78 is 10.9. The Labute approximate surface area is 99.3 Å². The van der Waals surface area contributed by atoms with Gasteiger partial charge in [-0.25, -0.2) is 0 Å². The summed E-state index contributed by atoms with van der Waals surface area (Å²) in [4.78, 5) is 11.6. The number of nitrogens with one attached hydrogen (secondary N) is 1. The molecule has 0 aromatic heterocycles. The Morgan fingerprint density at radius 2 is 2.20 bits per heavy atom. The van der Waals surface area contributed by atoms with Crippen LogP contribution in [0.3, 0.4) is 0 Å². The van der Waals surface area contributed by atoms with Gasteiger partial charge in [0.2, 0.25) is 5.91 Å². The van der Waals surface area contributed by atoms with Crippen molar-refractivity contribution in [1.82, 2.24) is 5.32 Å². The van der Waals surface area contributed by atoms with Gasteiger partial charge in [0.1, 0.15) is 0 Å². The lowest BCUT2D eigenvalue weighted by Crippen LogP contribution is -2.37. The molecule has 1 aliphatic rings. The van der Waals surface area contributed by atoms with E-state index in [1.165, 1.54) is 0 Å². The maximum Gasteiger partial charge on any atom is 0.220 e. The number of carbonyl (C=O) groups is 1. The Kier molecular flexibility index (Phi) is 4.64. The number of amides is 1. The zero-order valence-corrected chi connectivity index (χ0v) is 11.0. The summed E-state index contributed by atoms with van der Waals surface area (Å²) in [6.45, 7) is 1.89. The van der Waals surface area contributed by atoms with Crippen LogP contribution in [0.4, 0.5) is 0 Å². The predicted molar refractivity (Wildman–Crippen MR) is 66.7 cm³/mol. The van der Waals surface area contributed by atoms with E-state index >= 15 is 0 Å². The fourth-order valence-electron chi connectivity index (χ4n) is 1.63. The van der Waals surface area contributed by atoms with Crippen molar-refractivity contribution in [3.63, 3.8) is 0 Å². The highest BCUT2D eigenvalue weighted by atomic mass is 32.2. The molecule has 0 heterocycles. The first-order valence-corrected chi connectivity index (χ1v) is 7.54. The topological polar surface area (TPSA) is 46.2 Å². The molecule has 0 saturated heterocycles. The van der Waals surface area contributed by atoms with Crippen LogP contribution >= 0.6 is 12.6 Å². The second kappa shape index (κ2) is 5.34. The first-order chi connectivity index (χ1) is 6.97. The molecule has 0 spiro atoms. The zero-order valence-electron chi connectivity index (χ0n) is 9.28. The van der Waals surface area contributed by atoms with E-state index in [1.54, 1.807) is 6.26 Å². The molecule has 0 aromatic carbocycles. The van der Waals surface area contributed by atoms with Crippen LogP contribution in [0.25, 0.3) is 0 Å². The molecule has 2 atom stereocenters. The number of thiol groups is 1. The van der Waals surface area contributed by atoms with Crippen molar-refractivity contribution in [3.8, 4) is 0 Å². The molecular formula is C10H19NO2S2. The summed E-state index contributed by atoms with van der Waals surface area (Å²) in [7, 11) is -0.851. The minimum Gasteiger partial charge on any atom is -0.353 e. The normalized spacial score (nSPS) is 21.8. The van der Waals surface area contributed by atoms with Gasteiger partial charge in [-0.2, -0.15) is 12.6 Å². The van der Waals surface area contributed by atoms with E-state index in [1.807, 2.05) is 6.92 Å². The highest BCUT2D eigenvalue weighted by molar-refractivity contribution is 7.84. The molecule has 1 fully saturated rings. The Balaban J connectivity index is 2.26. The van der Waals surface area contributed by atoms with Gasteiger partial charge in [0.05, 0.1) is 0 Å². The molecule has 0 radical (unpaired) electrons. The van der Waals surface area contributed by atoms with Crippen molar-refractivity contribution in [1.29, 1.82) is 0 Å². The summed E-state index contributed by atoms with van der Waals surface area (Å²) in [5.41, 5.74) is 0.165. The van der Waals surface area contributed by atoms with E-state index in [4.69, 9.17) is 0 Å². The van der Waals surface area contributed by atoms with E-state index in [2.05, 4.69) is 17.9 Å². The molecule has 88 valence electrons. The molecule has 5 heteroatoms. The maximum atomic E-state index is 11.6. The SMILES string of the molecule is CC(CS(C)=O)NC(=O)CC1(CS)CC1. The fraction of sp³-hybridized carbons (Fsp3) is 0.900. The molecule has 0 aliphatic heterocycles. The summed E-state index contributed by atoms with van der Waals surface area (Å²) >= 11 is 4.26. The van der Waals surface area contributed by atoms with E-state index in [0.717, 1.165) is 18.6 Å². The van der Waals surface area contributed by atoms with Gasteiger partial charge in [0.25, 0.3) is 0 Å². The van der Waals surface area contributed by atoms with Crippen molar-refractivity contribution in [2.24, 2.45) is 5.41 Å². The molecule has 3 nitrogen and oxygen atoms in total.